The normalized spacial score (nSPS) is 18.0. The van der Waals surface area contributed by atoms with Crippen molar-refractivity contribution in [1.29, 1.82) is 0 Å². The average Bonchev–Trinajstić information content (AvgIpc) is 3.46. The van der Waals surface area contributed by atoms with E-state index in [4.69, 9.17) is 0 Å². The summed E-state index contributed by atoms with van der Waals surface area (Å²) in [4.78, 5) is 29.3. The quantitative estimate of drug-likeness (QED) is 0.278. The predicted octanol–water partition coefficient (Wildman–Crippen LogP) is 3.84. The molecule has 37 heavy (non-hydrogen) atoms. The lowest BCUT2D eigenvalue weighted by Gasteiger charge is -2.36. The molecular formula is C27H31N7O2S. The first-order chi connectivity index (χ1) is 17.9. The smallest absolute Gasteiger partial charge is 0.279 e. The van der Waals surface area contributed by atoms with E-state index < -0.39 is 0 Å². The molecule has 10 heteroatoms. The fourth-order valence-corrected chi connectivity index (χ4v) is 5.60. The molecule has 1 saturated heterocycles. The predicted molar refractivity (Wildman–Crippen MR) is 148 cm³/mol. The number of thiophene rings is 1. The Morgan fingerprint density at radius 3 is 2.46 bits per heavy atom. The highest BCUT2D eigenvalue weighted by Gasteiger charge is 2.21. The Morgan fingerprint density at radius 2 is 1.76 bits per heavy atom. The largest absolute Gasteiger partial charge is 0.309 e. The van der Waals surface area contributed by atoms with Crippen LogP contribution >= 0.6 is 11.3 Å². The number of aromatic amines is 1. The Balaban J connectivity index is 1.22. The molecule has 4 aromatic rings. The third-order valence-electron chi connectivity index (χ3n) is 6.38. The molecule has 2 aromatic heterocycles. The van der Waals surface area contributed by atoms with Crippen LogP contribution in [-0.2, 0) is 6.54 Å². The third kappa shape index (κ3) is 5.82. The van der Waals surface area contributed by atoms with Crippen LogP contribution in [0.4, 0.5) is 11.5 Å². The van der Waals surface area contributed by atoms with Gasteiger partial charge in [0.1, 0.15) is 10.6 Å². The van der Waals surface area contributed by atoms with Crippen LogP contribution < -0.4 is 21.1 Å². The number of rotatable bonds is 7. The number of carbonyl (C=O) groups is 2. The molecule has 2 atom stereocenters. The van der Waals surface area contributed by atoms with Crippen LogP contribution in [0.25, 0.3) is 10.2 Å². The fourth-order valence-electron chi connectivity index (χ4n) is 4.72. The monoisotopic (exact) mass is 517 g/mol. The third-order valence-corrected chi connectivity index (χ3v) is 7.41. The number of piperazine rings is 1. The van der Waals surface area contributed by atoms with Crippen molar-refractivity contribution in [3.05, 3.63) is 76.7 Å². The zero-order chi connectivity index (χ0) is 25.9. The van der Waals surface area contributed by atoms with Gasteiger partial charge >= 0.3 is 0 Å². The highest BCUT2D eigenvalue weighted by Crippen LogP contribution is 2.29. The minimum atomic E-state index is -0.240. The molecule has 192 valence electrons. The standard InChI is InChI=1S/C27H31N7O2S/c1-17-14-34(15-18(2)28-17)16-19-9-11-20(12-10-19)25(35)29-24-22-13-23(37-27(22)31-30-24)26(36)32-33(3)21-7-5-4-6-8-21/h4-13,17-18,28H,14-16H2,1-3H3,(H,32,36)(H2,29,30,31,35). The summed E-state index contributed by atoms with van der Waals surface area (Å²) in [6.07, 6.45) is 0. The first-order valence-electron chi connectivity index (χ1n) is 12.3. The molecule has 0 bridgehead atoms. The zero-order valence-corrected chi connectivity index (χ0v) is 21.9. The van der Waals surface area contributed by atoms with Gasteiger partial charge in [0.25, 0.3) is 11.8 Å². The van der Waals surface area contributed by atoms with Gasteiger partial charge in [0.05, 0.1) is 16.0 Å². The van der Waals surface area contributed by atoms with Crippen LogP contribution in [0.5, 0.6) is 0 Å². The molecule has 9 nitrogen and oxygen atoms in total. The Labute approximate surface area is 219 Å². The molecule has 3 heterocycles. The Morgan fingerprint density at radius 1 is 1.05 bits per heavy atom. The van der Waals surface area contributed by atoms with Crippen LogP contribution in [0.2, 0.25) is 0 Å². The summed E-state index contributed by atoms with van der Waals surface area (Å²) in [5, 5.41) is 16.0. The van der Waals surface area contributed by atoms with Gasteiger partial charge in [0.15, 0.2) is 0 Å². The molecule has 1 aliphatic heterocycles. The van der Waals surface area contributed by atoms with Gasteiger partial charge in [0.2, 0.25) is 0 Å². The Kier molecular flexibility index (Phi) is 7.22. The number of amides is 2. The van der Waals surface area contributed by atoms with E-state index in [9.17, 15) is 9.59 Å². The summed E-state index contributed by atoms with van der Waals surface area (Å²) in [6.45, 7) is 7.28. The highest BCUT2D eigenvalue weighted by molar-refractivity contribution is 7.20. The molecule has 4 N–H and O–H groups in total. The number of para-hydroxylation sites is 1. The summed E-state index contributed by atoms with van der Waals surface area (Å²) in [6, 6.07) is 19.9. The zero-order valence-electron chi connectivity index (χ0n) is 21.1. The van der Waals surface area contributed by atoms with Crippen molar-refractivity contribution < 1.29 is 9.59 Å². The maximum absolute atomic E-state index is 12.9. The summed E-state index contributed by atoms with van der Waals surface area (Å²) < 4.78 is 0. The van der Waals surface area contributed by atoms with Crippen molar-refractivity contribution in [2.75, 3.05) is 30.5 Å². The first kappa shape index (κ1) is 24.9. The molecule has 0 radical (unpaired) electrons. The number of fused-ring (bicyclic) bond motifs is 1. The lowest BCUT2D eigenvalue weighted by atomic mass is 10.1. The van der Waals surface area contributed by atoms with Crippen molar-refractivity contribution >= 4 is 44.9 Å². The Hall–Kier alpha value is -3.73. The number of aromatic nitrogens is 2. The van der Waals surface area contributed by atoms with Crippen molar-refractivity contribution in [2.24, 2.45) is 0 Å². The average molecular weight is 518 g/mol. The molecule has 2 unspecified atom stereocenters. The minimum Gasteiger partial charge on any atom is -0.309 e. The van der Waals surface area contributed by atoms with Gasteiger partial charge in [-0.3, -0.25) is 30.0 Å². The van der Waals surface area contributed by atoms with Crippen LogP contribution in [-0.4, -0.2) is 59.1 Å². The van der Waals surface area contributed by atoms with Gasteiger partial charge < -0.3 is 10.6 Å². The number of nitrogens with one attached hydrogen (secondary N) is 4. The first-order valence-corrected chi connectivity index (χ1v) is 13.1. The van der Waals surface area contributed by atoms with Gasteiger partial charge in [0, 0.05) is 44.3 Å². The molecule has 1 fully saturated rings. The van der Waals surface area contributed by atoms with E-state index in [0.29, 0.717) is 38.6 Å². The molecule has 5 rings (SSSR count). The second-order valence-electron chi connectivity index (χ2n) is 9.58. The van der Waals surface area contributed by atoms with E-state index in [2.05, 4.69) is 45.0 Å². The van der Waals surface area contributed by atoms with E-state index in [0.717, 1.165) is 25.3 Å². The topological polar surface area (TPSA) is 105 Å². The van der Waals surface area contributed by atoms with Crippen molar-refractivity contribution in [3.8, 4) is 0 Å². The highest BCUT2D eigenvalue weighted by atomic mass is 32.1. The number of nitrogens with zero attached hydrogens (tertiary/aromatic N) is 3. The summed E-state index contributed by atoms with van der Waals surface area (Å²) in [5.41, 5.74) is 5.47. The SMILES string of the molecule is CC1CN(Cc2ccc(C(=O)Nc3[nH]nc4sc(C(=O)NN(C)c5ccccc5)cc34)cc2)CC(C)N1. The van der Waals surface area contributed by atoms with Gasteiger partial charge in [-0.1, -0.05) is 30.3 Å². The van der Waals surface area contributed by atoms with Gasteiger partial charge in [-0.25, -0.2) is 0 Å². The lowest BCUT2D eigenvalue weighted by molar-refractivity contribution is 0.0954. The number of H-pyrrole nitrogens is 1. The van der Waals surface area contributed by atoms with Gasteiger partial charge in [-0.05, 0) is 49.7 Å². The van der Waals surface area contributed by atoms with Crippen molar-refractivity contribution in [1.82, 2.24) is 25.8 Å². The second-order valence-corrected chi connectivity index (χ2v) is 10.6. The van der Waals surface area contributed by atoms with Crippen molar-refractivity contribution in [2.45, 2.75) is 32.5 Å². The molecule has 0 aliphatic carbocycles. The minimum absolute atomic E-state index is 0.234. The summed E-state index contributed by atoms with van der Waals surface area (Å²) >= 11 is 1.26. The van der Waals surface area contributed by atoms with E-state index in [-0.39, 0.29) is 11.8 Å². The Bertz CT molecular complexity index is 1370. The van der Waals surface area contributed by atoms with E-state index in [1.165, 1.54) is 16.9 Å². The number of hydrazine groups is 1. The number of anilines is 2. The maximum atomic E-state index is 12.9. The van der Waals surface area contributed by atoms with Crippen molar-refractivity contribution in [3.63, 3.8) is 0 Å². The fraction of sp³-hybridized carbons (Fsp3) is 0.296. The number of hydrogen-bond acceptors (Lipinski definition) is 7. The van der Waals surface area contributed by atoms with E-state index >= 15 is 0 Å². The second kappa shape index (κ2) is 10.7. The molecule has 0 saturated carbocycles. The van der Waals surface area contributed by atoms with Crippen LogP contribution in [0.1, 0.15) is 39.4 Å². The van der Waals surface area contributed by atoms with Gasteiger partial charge in [-0.15, -0.1) is 11.3 Å². The molecular weight excluding hydrogens is 486 g/mol. The van der Waals surface area contributed by atoms with E-state index in [1.807, 2.05) is 54.6 Å². The molecule has 2 amide bonds. The number of benzene rings is 2. The van der Waals surface area contributed by atoms with Crippen LogP contribution in [0, 0.1) is 0 Å². The van der Waals surface area contributed by atoms with Crippen LogP contribution in [0.3, 0.4) is 0 Å². The summed E-state index contributed by atoms with van der Waals surface area (Å²) in [5.74, 6) is -0.00222. The van der Waals surface area contributed by atoms with Crippen LogP contribution in [0.15, 0.2) is 60.7 Å². The summed E-state index contributed by atoms with van der Waals surface area (Å²) in [7, 11) is 1.79. The molecule has 0 spiro atoms. The molecule has 1 aliphatic rings. The molecule has 2 aromatic carbocycles. The maximum Gasteiger partial charge on any atom is 0.279 e. The van der Waals surface area contributed by atoms with Gasteiger partial charge in [-0.2, -0.15) is 5.10 Å². The lowest BCUT2D eigenvalue weighted by Crippen LogP contribution is -2.53. The number of carbonyl (C=O) groups excluding carboxylic acids is 2. The van der Waals surface area contributed by atoms with E-state index in [1.54, 1.807) is 18.1 Å². The number of hydrogen-bond donors (Lipinski definition) is 4.